The third kappa shape index (κ3) is 5.11. The summed E-state index contributed by atoms with van der Waals surface area (Å²) in [6.45, 7) is 2.37. The summed E-state index contributed by atoms with van der Waals surface area (Å²) in [6.07, 6.45) is -3.15. The van der Waals surface area contributed by atoms with Crippen LogP contribution in [0.3, 0.4) is 0 Å². The Bertz CT molecular complexity index is 1400. The topological polar surface area (TPSA) is 105 Å². The Morgan fingerprint density at radius 3 is 2.60 bits per heavy atom. The largest absolute Gasteiger partial charge is 0.418 e. The highest BCUT2D eigenvalue weighted by Crippen LogP contribution is 2.34. The molecule has 0 bridgehead atoms. The number of nitrogens with two attached hydrogens (primary N) is 1. The third-order valence-electron chi connectivity index (χ3n) is 5.57. The van der Waals surface area contributed by atoms with E-state index in [1.807, 2.05) is 31.2 Å². The molecule has 4 rings (SSSR count). The van der Waals surface area contributed by atoms with Crippen LogP contribution in [-0.2, 0) is 12.7 Å². The Balaban J connectivity index is 1.53. The number of carbonyl (C=O) groups excluding carboxylic acids is 1. The van der Waals surface area contributed by atoms with E-state index in [1.165, 1.54) is 12.4 Å². The molecular weight excluding hydrogens is 457 g/mol. The fraction of sp³-hybridized carbons (Fsp3) is 0.160. The van der Waals surface area contributed by atoms with Crippen LogP contribution in [0.25, 0.3) is 10.9 Å². The highest BCUT2D eigenvalue weighted by atomic mass is 19.4. The Morgan fingerprint density at radius 2 is 1.86 bits per heavy atom. The van der Waals surface area contributed by atoms with Crippen molar-refractivity contribution in [2.24, 2.45) is 0 Å². The Hall–Kier alpha value is -4.34. The van der Waals surface area contributed by atoms with Crippen LogP contribution in [0.2, 0.25) is 0 Å². The molecule has 0 unspecified atom stereocenters. The van der Waals surface area contributed by atoms with Crippen LogP contribution < -0.4 is 21.7 Å². The van der Waals surface area contributed by atoms with E-state index in [1.54, 1.807) is 19.2 Å². The van der Waals surface area contributed by atoms with Crippen LogP contribution in [-0.4, -0.2) is 22.9 Å². The van der Waals surface area contributed by atoms with Gasteiger partial charge >= 0.3 is 6.18 Å². The number of benzene rings is 3. The van der Waals surface area contributed by atoms with E-state index in [0.717, 1.165) is 45.7 Å². The maximum absolute atomic E-state index is 13.1. The van der Waals surface area contributed by atoms with Gasteiger partial charge in [0.2, 0.25) is 0 Å². The number of nitrogen functional groups attached to an aromatic ring is 1. The summed E-state index contributed by atoms with van der Waals surface area (Å²) >= 11 is 0. The van der Waals surface area contributed by atoms with Gasteiger partial charge in [-0.25, -0.2) is 9.97 Å². The zero-order chi connectivity index (χ0) is 25.2. The summed E-state index contributed by atoms with van der Waals surface area (Å²) < 4.78 is 39.4. The molecule has 35 heavy (non-hydrogen) atoms. The van der Waals surface area contributed by atoms with E-state index in [-0.39, 0.29) is 5.56 Å². The summed E-state index contributed by atoms with van der Waals surface area (Å²) in [6, 6.07) is 14.1. The number of nitrogens with zero attached hydrogens (tertiary/aromatic N) is 2. The van der Waals surface area contributed by atoms with Crippen LogP contribution in [0.4, 0.5) is 36.1 Å². The molecule has 0 fully saturated rings. The van der Waals surface area contributed by atoms with Crippen molar-refractivity contribution < 1.29 is 18.0 Å². The number of carbonyl (C=O) groups is 1. The number of fused-ring (bicyclic) bond motifs is 1. The Labute approximate surface area is 199 Å². The Kier molecular flexibility index (Phi) is 6.46. The molecule has 0 saturated heterocycles. The van der Waals surface area contributed by atoms with Gasteiger partial charge in [-0.15, -0.1) is 0 Å². The zero-order valence-corrected chi connectivity index (χ0v) is 19.0. The number of para-hydroxylation sites is 1. The van der Waals surface area contributed by atoms with E-state index in [9.17, 15) is 18.0 Å². The average Bonchev–Trinajstić information content (AvgIpc) is 2.83. The minimum atomic E-state index is -4.65. The van der Waals surface area contributed by atoms with Gasteiger partial charge in [0.1, 0.15) is 12.1 Å². The van der Waals surface area contributed by atoms with Crippen molar-refractivity contribution in [1.29, 1.82) is 0 Å². The van der Waals surface area contributed by atoms with E-state index in [0.29, 0.717) is 12.2 Å². The standard InChI is InChI=1S/C25H23F3N6O/c1-14-6-8-17(34-24(35)15-7-9-20(29)19(10-15)25(26,27)28)11-21(14)31-12-16-4-3-5-18-22(16)32-13-33-23(18)30-2/h3-11,13,31H,12,29H2,1-2H3,(H,34,35)(H,30,32,33). The number of amides is 1. The van der Waals surface area contributed by atoms with Gasteiger partial charge in [0.05, 0.1) is 11.1 Å². The first-order valence-corrected chi connectivity index (χ1v) is 10.7. The normalized spacial score (nSPS) is 11.3. The number of nitrogens with one attached hydrogen (secondary N) is 3. The van der Waals surface area contributed by atoms with Gasteiger partial charge in [-0.1, -0.05) is 18.2 Å². The molecule has 1 heterocycles. The van der Waals surface area contributed by atoms with Gasteiger partial charge < -0.3 is 21.7 Å². The van der Waals surface area contributed by atoms with Crippen LogP contribution in [0.1, 0.15) is 27.0 Å². The van der Waals surface area contributed by atoms with Crippen molar-refractivity contribution in [3.63, 3.8) is 0 Å². The molecule has 0 aliphatic rings. The van der Waals surface area contributed by atoms with Crippen molar-refractivity contribution in [2.45, 2.75) is 19.6 Å². The van der Waals surface area contributed by atoms with Crippen LogP contribution >= 0.6 is 0 Å². The lowest BCUT2D eigenvalue weighted by Crippen LogP contribution is -2.15. The van der Waals surface area contributed by atoms with E-state index >= 15 is 0 Å². The van der Waals surface area contributed by atoms with Crippen molar-refractivity contribution >= 4 is 39.7 Å². The molecule has 10 heteroatoms. The summed E-state index contributed by atoms with van der Waals surface area (Å²) in [5.74, 6) is 0.0599. The molecule has 7 nitrogen and oxygen atoms in total. The molecule has 0 atom stereocenters. The minimum absolute atomic E-state index is 0.141. The number of anilines is 4. The molecule has 5 N–H and O–H groups in total. The zero-order valence-electron chi connectivity index (χ0n) is 19.0. The summed E-state index contributed by atoms with van der Waals surface area (Å²) in [7, 11) is 1.80. The number of alkyl halides is 3. The predicted molar refractivity (Wildman–Crippen MR) is 131 cm³/mol. The van der Waals surface area contributed by atoms with Crippen molar-refractivity contribution in [3.05, 3.63) is 83.2 Å². The lowest BCUT2D eigenvalue weighted by molar-refractivity contribution is -0.136. The predicted octanol–water partition coefficient (Wildman–Crippen LogP) is 5.45. The van der Waals surface area contributed by atoms with Gasteiger partial charge in [-0.2, -0.15) is 13.2 Å². The number of aryl methyl sites for hydroxylation is 1. The second-order valence-electron chi connectivity index (χ2n) is 7.92. The average molecular weight is 480 g/mol. The van der Waals surface area contributed by atoms with E-state index in [2.05, 4.69) is 25.9 Å². The lowest BCUT2D eigenvalue weighted by Gasteiger charge is -2.15. The Morgan fingerprint density at radius 1 is 1.06 bits per heavy atom. The molecule has 1 amide bonds. The fourth-order valence-corrected chi connectivity index (χ4v) is 3.72. The van der Waals surface area contributed by atoms with Gasteiger partial charge in [-0.05, 0) is 54.4 Å². The van der Waals surface area contributed by atoms with Gasteiger partial charge in [0.25, 0.3) is 5.91 Å². The molecule has 0 aliphatic carbocycles. The van der Waals surface area contributed by atoms with E-state index in [4.69, 9.17) is 5.73 Å². The van der Waals surface area contributed by atoms with Gasteiger partial charge in [-0.3, -0.25) is 4.79 Å². The molecular formula is C25H23F3N6O. The van der Waals surface area contributed by atoms with Gasteiger partial charge in [0.15, 0.2) is 0 Å². The molecule has 0 spiro atoms. The van der Waals surface area contributed by atoms with Crippen molar-refractivity contribution in [1.82, 2.24) is 9.97 Å². The number of hydrogen-bond acceptors (Lipinski definition) is 6. The first-order chi connectivity index (χ1) is 16.7. The maximum atomic E-state index is 13.1. The molecule has 4 aromatic rings. The van der Waals surface area contributed by atoms with Crippen LogP contribution in [0.5, 0.6) is 0 Å². The monoisotopic (exact) mass is 480 g/mol. The maximum Gasteiger partial charge on any atom is 0.418 e. The fourth-order valence-electron chi connectivity index (χ4n) is 3.72. The summed E-state index contributed by atoms with van der Waals surface area (Å²) in [4.78, 5) is 21.3. The quantitative estimate of drug-likeness (QED) is 0.274. The molecule has 0 aliphatic heterocycles. The summed E-state index contributed by atoms with van der Waals surface area (Å²) in [5.41, 5.74) is 7.70. The van der Waals surface area contributed by atoms with Crippen LogP contribution in [0.15, 0.2) is 60.9 Å². The van der Waals surface area contributed by atoms with Crippen LogP contribution in [0, 0.1) is 6.92 Å². The third-order valence-corrected chi connectivity index (χ3v) is 5.57. The smallest absolute Gasteiger partial charge is 0.398 e. The molecule has 3 aromatic carbocycles. The minimum Gasteiger partial charge on any atom is -0.398 e. The summed E-state index contributed by atoms with van der Waals surface area (Å²) in [5, 5.41) is 9.95. The first-order valence-electron chi connectivity index (χ1n) is 10.7. The van der Waals surface area contributed by atoms with Crippen molar-refractivity contribution in [2.75, 3.05) is 28.7 Å². The van der Waals surface area contributed by atoms with Crippen molar-refractivity contribution in [3.8, 4) is 0 Å². The lowest BCUT2D eigenvalue weighted by atomic mass is 10.1. The molecule has 0 radical (unpaired) electrons. The second-order valence-corrected chi connectivity index (χ2v) is 7.92. The highest BCUT2D eigenvalue weighted by Gasteiger charge is 2.33. The first kappa shape index (κ1) is 23.8. The second kappa shape index (κ2) is 9.49. The molecule has 180 valence electrons. The van der Waals surface area contributed by atoms with E-state index < -0.39 is 23.3 Å². The van der Waals surface area contributed by atoms with Gasteiger partial charge in [0, 0.05) is 41.6 Å². The number of aromatic nitrogens is 2. The number of rotatable bonds is 6. The SMILES string of the molecule is CNc1ncnc2c(CNc3cc(NC(=O)c4ccc(N)c(C(F)(F)F)c4)ccc3C)cccc12. The molecule has 0 saturated carbocycles. The highest BCUT2D eigenvalue weighted by molar-refractivity contribution is 6.05. The molecule has 1 aromatic heterocycles. The number of hydrogen-bond donors (Lipinski definition) is 4. The number of halogens is 3.